The van der Waals surface area contributed by atoms with E-state index >= 15 is 0 Å². The molecular weight excluding hydrogens is 392 g/mol. The normalized spacial score (nSPS) is 18.7. The van der Waals surface area contributed by atoms with Crippen LogP contribution in [-0.2, 0) is 14.0 Å². The summed E-state index contributed by atoms with van der Waals surface area (Å²) in [7, 11) is -1.99. The molecule has 30 heavy (non-hydrogen) atoms. The van der Waals surface area contributed by atoms with E-state index in [0.717, 1.165) is 23.1 Å². The lowest BCUT2D eigenvalue weighted by Gasteiger charge is -2.40. The van der Waals surface area contributed by atoms with E-state index in [1.807, 2.05) is 39.0 Å². The van der Waals surface area contributed by atoms with Gasteiger partial charge in [0, 0.05) is 24.0 Å². The van der Waals surface area contributed by atoms with E-state index in [0.29, 0.717) is 5.76 Å². The maximum atomic E-state index is 11.7. The highest BCUT2D eigenvalue weighted by Crippen LogP contribution is 2.40. The van der Waals surface area contributed by atoms with Crippen LogP contribution < -0.4 is 0 Å². The smallest absolute Gasteiger partial charge is 0.308 e. The molecule has 1 N–H and O–H groups in total. The molecule has 0 aromatic carbocycles. The lowest BCUT2D eigenvalue weighted by atomic mass is 9.94. The molecule has 0 heterocycles. The highest BCUT2D eigenvalue weighted by molar-refractivity contribution is 6.74. The van der Waals surface area contributed by atoms with E-state index in [-0.39, 0.29) is 16.9 Å². The first-order chi connectivity index (χ1) is 13.6. The van der Waals surface area contributed by atoms with E-state index in [4.69, 9.17) is 9.16 Å². The molecule has 0 aromatic heterocycles. The van der Waals surface area contributed by atoms with Crippen LogP contribution in [0.25, 0.3) is 0 Å². The molecule has 5 heteroatoms. The molecule has 2 unspecified atom stereocenters. The number of carbonyl (C=O) groups excluding carboxylic acids is 1. The summed E-state index contributed by atoms with van der Waals surface area (Å²) >= 11 is 0. The molecule has 2 aliphatic carbocycles. The zero-order valence-electron chi connectivity index (χ0n) is 19.8. The lowest BCUT2D eigenvalue weighted by Crippen LogP contribution is -2.47. The monoisotopic (exact) mass is 428 g/mol. The summed E-state index contributed by atoms with van der Waals surface area (Å²) < 4.78 is 12.0. The maximum absolute atomic E-state index is 11.7. The van der Waals surface area contributed by atoms with Gasteiger partial charge in [-0.1, -0.05) is 63.8 Å². The minimum Gasteiger partial charge on any atom is -0.426 e. The number of esters is 1. The third-order valence-corrected chi connectivity index (χ3v) is 10.6. The molecule has 0 bridgehead atoms. The van der Waals surface area contributed by atoms with Crippen molar-refractivity contribution in [1.82, 2.24) is 0 Å². The van der Waals surface area contributed by atoms with Crippen LogP contribution in [0.4, 0.5) is 0 Å². The largest absolute Gasteiger partial charge is 0.426 e. The van der Waals surface area contributed by atoms with Crippen LogP contribution in [0.1, 0.15) is 54.9 Å². The van der Waals surface area contributed by atoms with Crippen molar-refractivity contribution in [3.8, 4) is 11.8 Å². The van der Waals surface area contributed by atoms with Crippen LogP contribution in [0.2, 0.25) is 18.1 Å². The number of aliphatic hydroxyl groups is 1. The van der Waals surface area contributed by atoms with Gasteiger partial charge in [0.15, 0.2) is 8.32 Å². The van der Waals surface area contributed by atoms with Crippen molar-refractivity contribution < 1.29 is 19.1 Å². The first-order valence-corrected chi connectivity index (χ1v) is 13.5. The predicted octanol–water partition coefficient (Wildman–Crippen LogP) is 5.43. The van der Waals surface area contributed by atoms with Crippen molar-refractivity contribution in [2.24, 2.45) is 5.92 Å². The number of ether oxygens (including phenoxy) is 1. The molecule has 4 nitrogen and oxygen atoms in total. The molecule has 2 atom stereocenters. The number of aliphatic hydroxyl groups excluding tert-OH is 1. The molecule has 0 fully saturated rings. The molecule has 164 valence electrons. The van der Waals surface area contributed by atoms with E-state index < -0.39 is 20.0 Å². The molecule has 2 rings (SSSR count). The summed E-state index contributed by atoms with van der Waals surface area (Å²) in [6.07, 6.45) is 7.86. The van der Waals surface area contributed by atoms with Gasteiger partial charge in [0.2, 0.25) is 0 Å². The number of hydrogen-bond acceptors (Lipinski definition) is 4. The quantitative estimate of drug-likeness (QED) is 0.360. The average molecular weight is 429 g/mol. The Morgan fingerprint density at radius 3 is 2.43 bits per heavy atom. The van der Waals surface area contributed by atoms with E-state index in [1.165, 1.54) is 6.92 Å². The Bertz CT molecular complexity index is 882. The van der Waals surface area contributed by atoms with Gasteiger partial charge in [-0.25, -0.2) is 0 Å². The van der Waals surface area contributed by atoms with Crippen molar-refractivity contribution in [1.29, 1.82) is 0 Å². The lowest BCUT2D eigenvalue weighted by molar-refractivity contribution is -0.136. The number of carbonyl (C=O) groups is 1. The van der Waals surface area contributed by atoms with Gasteiger partial charge in [0.25, 0.3) is 0 Å². The molecule has 0 radical (unpaired) electrons. The van der Waals surface area contributed by atoms with Gasteiger partial charge in [0.1, 0.15) is 17.5 Å². The minimum absolute atomic E-state index is 0.0791. The fourth-order valence-electron chi connectivity index (χ4n) is 3.30. The van der Waals surface area contributed by atoms with Gasteiger partial charge in [-0.3, -0.25) is 4.79 Å². The van der Waals surface area contributed by atoms with Crippen LogP contribution in [0.5, 0.6) is 0 Å². The highest BCUT2D eigenvalue weighted by atomic mass is 28.4. The molecular formula is C25H36O4Si. The summed E-state index contributed by atoms with van der Waals surface area (Å²) in [6, 6.07) is 0. The van der Waals surface area contributed by atoms with Crippen molar-refractivity contribution in [3.63, 3.8) is 0 Å². The second-order valence-electron chi connectivity index (χ2n) is 10.1. The summed E-state index contributed by atoms with van der Waals surface area (Å²) in [5.74, 6) is 5.99. The van der Waals surface area contributed by atoms with Crippen molar-refractivity contribution in [2.45, 2.75) is 84.7 Å². The Labute approximate surface area is 182 Å². The number of allylic oxidation sites excluding steroid dienone is 5. The Morgan fingerprint density at radius 2 is 1.87 bits per heavy atom. The van der Waals surface area contributed by atoms with Gasteiger partial charge in [0.05, 0.1) is 0 Å². The van der Waals surface area contributed by atoms with E-state index in [1.54, 1.807) is 0 Å². The zero-order valence-corrected chi connectivity index (χ0v) is 20.8. The third kappa shape index (κ3) is 5.63. The number of fused-ring (bicyclic) bond motifs is 1. The standard InChI is InChI=1S/C25H36O4Si/c1-17(21-16-19-12-10-11-13-20(19)23(21)28-18(2)26)22(27)14-15-25(6,7)29-30(8,9)24(3,4)5/h10-11,13,16-17,22,27H,12H2,1-9H3. The van der Waals surface area contributed by atoms with Gasteiger partial charge in [-0.2, -0.15) is 0 Å². The molecule has 2 aliphatic rings. The van der Waals surface area contributed by atoms with Gasteiger partial charge >= 0.3 is 5.97 Å². The average Bonchev–Trinajstić information content (AvgIpc) is 2.95. The van der Waals surface area contributed by atoms with Crippen LogP contribution in [0.15, 0.2) is 46.8 Å². The highest BCUT2D eigenvalue weighted by Gasteiger charge is 2.41. The molecule has 0 spiro atoms. The number of rotatable bonds is 5. The Morgan fingerprint density at radius 1 is 1.23 bits per heavy atom. The fraction of sp³-hybridized carbons (Fsp3) is 0.560. The summed E-state index contributed by atoms with van der Waals surface area (Å²) in [6.45, 7) is 18.2. The minimum atomic E-state index is -1.99. The number of hydrogen-bond donors (Lipinski definition) is 1. The van der Waals surface area contributed by atoms with E-state index in [9.17, 15) is 9.90 Å². The fourth-order valence-corrected chi connectivity index (χ4v) is 4.93. The summed E-state index contributed by atoms with van der Waals surface area (Å²) in [5.41, 5.74) is 2.15. The summed E-state index contributed by atoms with van der Waals surface area (Å²) in [4.78, 5) is 11.7. The predicted molar refractivity (Wildman–Crippen MR) is 124 cm³/mol. The molecule has 0 aromatic rings. The topological polar surface area (TPSA) is 55.8 Å². The van der Waals surface area contributed by atoms with Crippen LogP contribution in [0.3, 0.4) is 0 Å². The van der Waals surface area contributed by atoms with Gasteiger partial charge < -0.3 is 14.3 Å². The van der Waals surface area contributed by atoms with Crippen molar-refractivity contribution >= 4 is 14.3 Å². The Kier molecular flexibility index (Phi) is 7.08. The Balaban J connectivity index is 2.26. The van der Waals surface area contributed by atoms with Crippen molar-refractivity contribution in [2.75, 3.05) is 0 Å². The third-order valence-electron chi connectivity index (χ3n) is 5.97. The van der Waals surface area contributed by atoms with Crippen LogP contribution in [0, 0.1) is 17.8 Å². The molecule has 0 amide bonds. The second kappa shape index (κ2) is 8.70. The Hall–Kier alpha value is -1.87. The van der Waals surface area contributed by atoms with Crippen LogP contribution in [-0.4, -0.2) is 31.1 Å². The van der Waals surface area contributed by atoms with Crippen molar-refractivity contribution in [3.05, 3.63) is 46.8 Å². The molecule has 0 saturated heterocycles. The maximum Gasteiger partial charge on any atom is 0.308 e. The molecule has 0 saturated carbocycles. The summed E-state index contributed by atoms with van der Waals surface area (Å²) in [5, 5.41) is 10.9. The zero-order chi connectivity index (χ0) is 22.9. The van der Waals surface area contributed by atoms with Gasteiger partial charge in [-0.15, -0.1) is 0 Å². The van der Waals surface area contributed by atoms with E-state index in [2.05, 4.69) is 51.8 Å². The van der Waals surface area contributed by atoms with Crippen LogP contribution >= 0.6 is 0 Å². The first kappa shape index (κ1) is 24.4. The van der Waals surface area contributed by atoms with Gasteiger partial charge in [-0.05, 0) is 44.0 Å². The first-order valence-electron chi connectivity index (χ1n) is 10.6. The SMILES string of the molecule is CC(=O)OC1=C(C(C)C(O)C#CC(C)(C)O[Si](C)(C)C(C)(C)C)C=C2CC=CC=C21. The second-order valence-corrected chi connectivity index (χ2v) is 14.9. The molecule has 0 aliphatic heterocycles.